The van der Waals surface area contributed by atoms with E-state index in [1.165, 1.54) is 43.7 Å². The van der Waals surface area contributed by atoms with Crippen molar-refractivity contribution in [2.45, 2.75) is 6.92 Å². The van der Waals surface area contributed by atoms with Gasteiger partial charge in [-0.3, -0.25) is 0 Å². The molecular formula is C5H5N2OSSn. The van der Waals surface area contributed by atoms with Gasteiger partial charge in [-0.25, -0.2) is 0 Å². The first-order chi connectivity index (χ1) is 4.68. The minimum atomic E-state index is -0.0647. The third-order valence-corrected chi connectivity index (χ3v) is 2.76. The molecule has 0 saturated carbocycles. The van der Waals surface area contributed by atoms with Crippen LogP contribution in [0.4, 0.5) is 5.13 Å². The monoisotopic (exact) mass is 261 g/mol. The molecule has 1 N–H and O–H groups in total. The molecule has 5 heteroatoms. The number of thiazole rings is 1. The third-order valence-electron chi connectivity index (χ3n) is 0.789. The number of aromatic nitrogens is 1. The summed E-state index contributed by atoms with van der Waals surface area (Å²) in [7, 11) is 0. The topological polar surface area (TPSA) is 42.0 Å². The third kappa shape index (κ3) is 2.26. The quantitative estimate of drug-likeness (QED) is 0.716. The van der Waals surface area contributed by atoms with Crippen molar-refractivity contribution in [1.82, 2.24) is 4.98 Å². The van der Waals surface area contributed by atoms with Gasteiger partial charge in [-0.2, -0.15) is 0 Å². The van der Waals surface area contributed by atoms with Gasteiger partial charge in [0.2, 0.25) is 0 Å². The van der Waals surface area contributed by atoms with E-state index in [9.17, 15) is 4.79 Å². The number of amides is 1. The molecule has 0 bridgehead atoms. The number of carbonyl (C=O) groups excluding carboxylic acids is 1. The first kappa shape index (κ1) is 8.00. The molecule has 51 valence electrons. The average molecular weight is 260 g/mol. The van der Waals surface area contributed by atoms with Crippen LogP contribution in [0.1, 0.15) is 6.92 Å². The molecule has 3 nitrogen and oxygen atoms in total. The van der Waals surface area contributed by atoms with E-state index in [0.29, 0.717) is 5.13 Å². The molecule has 1 amide bonds. The summed E-state index contributed by atoms with van der Waals surface area (Å²) in [5.41, 5.74) is 0. The van der Waals surface area contributed by atoms with Crippen molar-refractivity contribution in [2.24, 2.45) is 0 Å². The van der Waals surface area contributed by atoms with Crippen LogP contribution in [-0.2, 0) is 4.79 Å². The average Bonchev–Trinajstić information content (AvgIpc) is 2.13. The molecule has 1 heterocycles. The summed E-state index contributed by atoms with van der Waals surface area (Å²) in [6.07, 6.45) is 1.77. The Morgan fingerprint density at radius 3 is 3.00 bits per heavy atom. The summed E-state index contributed by atoms with van der Waals surface area (Å²) >= 11 is 2.85. The van der Waals surface area contributed by atoms with Gasteiger partial charge in [-0.15, -0.1) is 0 Å². The predicted molar refractivity (Wildman–Crippen MR) is 41.8 cm³/mol. The standard InChI is InChI=1S/C5H5N2OS.Sn/c1-4(8)7-5-6-2-3-9-5;/h2H,1H3,(H,6,7,8);. The summed E-state index contributed by atoms with van der Waals surface area (Å²) < 4.78 is 1.19. The van der Waals surface area contributed by atoms with Gasteiger partial charge in [-0.05, 0) is 0 Å². The van der Waals surface area contributed by atoms with Crippen LogP contribution in [0.25, 0.3) is 0 Å². The van der Waals surface area contributed by atoms with Crippen LogP contribution in [0.5, 0.6) is 0 Å². The van der Waals surface area contributed by atoms with E-state index in [0.717, 1.165) is 0 Å². The molecule has 0 aromatic carbocycles. The number of nitrogens with one attached hydrogen (secondary N) is 1. The maximum atomic E-state index is 10.5. The molecule has 0 aliphatic heterocycles. The van der Waals surface area contributed by atoms with Crippen LogP contribution in [-0.4, -0.2) is 33.4 Å². The zero-order valence-electron chi connectivity index (χ0n) is 5.34. The van der Waals surface area contributed by atoms with Crippen LogP contribution < -0.4 is 8.21 Å². The summed E-state index contributed by atoms with van der Waals surface area (Å²) in [6, 6.07) is 0. The van der Waals surface area contributed by atoms with Crippen LogP contribution in [0.15, 0.2) is 6.20 Å². The van der Waals surface area contributed by atoms with Crippen LogP contribution in [0.2, 0.25) is 0 Å². The number of carbonyl (C=O) groups is 1. The summed E-state index contributed by atoms with van der Waals surface area (Å²) in [5.74, 6) is -0.0647. The zero-order chi connectivity index (χ0) is 7.56. The number of rotatable bonds is 1. The van der Waals surface area contributed by atoms with Crippen LogP contribution in [0, 0.1) is 0 Å². The molecule has 0 spiro atoms. The van der Waals surface area contributed by atoms with Gasteiger partial charge in [-0.1, -0.05) is 0 Å². The van der Waals surface area contributed by atoms with Gasteiger partial charge in [0.1, 0.15) is 0 Å². The first-order valence-electron chi connectivity index (χ1n) is 2.63. The van der Waals surface area contributed by atoms with E-state index >= 15 is 0 Å². The molecule has 1 rings (SSSR count). The van der Waals surface area contributed by atoms with E-state index in [1.807, 2.05) is 0 Å². The molecule has 3 radical (unpaired) electrons. The van der Waals surface area contributed by atoms with Gasteiger partial charge >= 0.3 is 76.0 Å². The van der Waals surface area contributed by atoms with Crippen molar-refractivity contribution in [3.05, 3.63) is 6.20 Å². The van der Waals surface area contributed by atoms with Gasteiger partial charge in [0.25, 0.3) is 0 Å². The van der Waals surface area contributed by atoms with Crippen molar-refractivity contribution >= 4 is 47.8 Å². The zero-order valence-corrected chi connectivity index (χ0v) is 9.01. The maximum absolute atomic E-state index is 10.5. The Labute approximate surface area is 75.9 Å². The van der Waals surface area contributed by atoms with E-state index in [4.69, 9.17) is 0 Å². The molecule has 0 fully saturated rings. The Balaban J connectivity index is 2.67. The second-order valence-corrected chi connectivity index (χ2v) is 5.31. The Hall–Kier alpha value is -0.101. The number of hydrogen-bond acceptors (Lipinski definition) is 3. The van der Waals surface area contributed by atoms with E-state index in [1.54, 1.807) is 6.20 Å². The van der Waals surface area contributed by atoms with Crippen LogP contribution in [0.3, 0.4) is 0 Å². The molecule has 1 aromatic heterocycles. The molecule has 0 aliphatic rings. The van der Waals surface area contributed by atoms with Crippen LogP contribution >= 0.6 is 11.3 Å². The van der Waals surface area contributed by atoms with Gasteiger partial charge in [0, 0.05) is 0 Å². The summed E-state index contributed by atoms with van der Waals surface area (Å²) in [4.78, 5) is 14.5. The molecule has 10 heavy (non-hydrogen) atoms. The molecule has 1 aromatic rings. The molecule has 0 atom stereocenters. The van der Waals surface area contributed by atoms with E-state index in [-0.39, 0.29) is 5.91 Å². The second-order valence-electron chi connectivity index (χ2n) is 1.71. The van der Waals surface area contributed by atoms with E-state index < -0.39 is 0 Å². The number of nitrogens with zero attached hydrogens (tertiary/aromatic N) is 1. The molecule has 0 unspecified atom stereocenters. The fourth-order valence-corrected chi connectivity index (χ4v) is 2.11. The summed E-state index contributed by atoms with van der Waals surface area (Å²) in [6.45, 7) is 1.48. The first-order valence-corrected chi connectivity index (χ1v) is 4.88. The fourth-order valence-electron chi connectivity index (χ4n) is 0.482. The van der Waals surface area contributed by atoms with Crippen molar-refractivity contribution in [3.63, 3.8) is 0 Å². The number of anilines is 1. The number of hydrogen-bond donors (Lipinski definition) is 1. The predicted octanol–water partition coefficient (Wildman–Crippen LogP) is -0.105. The fraction of sp³-hybridized carbons (Fsp3) is 0.200. The van der Waals surface area contributed by atoms with E-state index in [2.05, 4.69) is 10.3 Å². The Morgan fingerprint density at radius 1 is 1.90 bits per heavy atom. The van der Waals surface area contributed by atoms with Gasteiger partial charge in [0.15, 0.2) is 0 Å². The molecular weight excluding hydrogens is 255 g/mol. The Bertz CT molecular complexity index is 248. The van der Waals surface area contributed by atoms with Crippen molar-refractivity contribution < 1.29 is 4.79 Å². The molecule has 0 aliphatic carbocycles. The van der Waals surface area contributed by atoms with Gasteiger partial charge in [0.05, 0.1) is 0 Å². The normalized spacial score (nSPS) is 9.40. The van der Waals surface area contributed by atoms with Crippen molar-refractivity contribution in [2.75, 3.05) is 5.32 Å². The van der Waals surface area contributed by atoms with Crippen molar-refractivity contribution in [3.8, 4) is 0 Å². The Kier molecular flexibility index (Phi) is 2.67. The SMILES string of the molecule is CC(=O)Nc1nc[c]([Sn])s1. The Morgan fingerprint density at radius 2 is 2.60 bits per heavy atom. The van der Waals surface area contributed by atoms with Gasteiger partial charge < -0.3 is 0 Å². The van der Waals surface area contributed by atoms with Crippen molar-refractivity contribution in [1.29, 1.82) is 0 Å². The molecule has 0 saturated heterocycles. The second kappa shape index (κ2) is 3.34. The summed E-state index contributed by atoms with van der Waals surface area (Å²) in [5, 5.41) is 3.30. The minimum absolute atomic E-state index is 0.0647.